The van der Waals surface area contributed by atoms with Crippen molar-refractivity contribution < 1.29 is 22.7 Å². The lowest BCUT2D eigenvalue weighted by Crippen LogP contribution is -2.11. The van der Waals surface area contributed by atoms with Gasteiger partial charge < -0.3 is 10.1 Å². The van der Waals surface area contributed by atoms with Crippen LogP contribution in [-0.2, 0) is 17.6 Å². The number of aromatic nitrogens is 1. The Bertz CT molecular complexity index is 958. The highest BCUT2D eigenvalue weighted by molar-refractivity contribution is 9.09. The van der Waals surface area contributed by atoms with Crippen LogP contribution in [0, 0.1) is 0 Å². The van der Waals surface area contributed by atoms with Gasteiger partial charge in [0.1, 0.15) is 12.4 Å². The van der Waals surface area contributed by atoms with Crippen molar-refractivity contribution in [2.45, 2.75) is 12.8 Å². The number of hydrogen-bond acceptors (Lipinski definition) is 4. The van der Waals surface area contributed by atoms with Gasteiger partial charge in [-0.2, -0.15) is 13.2 Å². The molecule has 0 aliphatic carbocycles. The van der Waals surface area contributed by atoms with Crippen molar-refractivity contribution >= 4 is 38.3 Å². The van der Waals surface area contributed by atoms with Gasteiger partial charge in [-0.15, -0.1) is 11.3 Å². The fraction of sp³-hybridized carbons (Fsp3) is 0.158. The molecule has 28 heavy (non-hydrogen) atoms. The van der Waals surface area contributed by atoms with Gasteiger partial charge in [0, 0.05) is 16.5 Å². The molecule has 4 nitrogen and oxygen atoms in total. The molecule has 0 aliphatic rings. The third-order valence-corrected chi connectivity index (χ3v) is 5.01. The largest absolute Gasteiger partial charge is 0.489 e. The van der Waals surface area contributed by atoms with E-state index in [9.17, 15) is 18.0 Å². The number of ether oxygens (including phenoxy) is 1. The highest BCUT2D eigenvalue weighted by Crippen LogP contribution is 2.32. The molecule has 146 valence electrons. The lowest BCUT2D eigenvalue weighted by atomic mass is 10.1. The number of amides is 1. The third kappa shape index (κ3) is 5.11. The molecular weight excluding hydrogens is 457 g/mol. The minimum absolute atomic E-state index is 0.0748. The first-order valence-corrected chi connectivity index (χ1v) is 10.1. The maximum absolute atomic E-state index is 13.0. The zero-order valence-electron chi connectivity index (χ0n) is 14.3. The third-order valence-electron chi connectivity index (χ3n) is 3.74. The molecule has 0 fully saturated rings. The van der Waals surface area contributed by atoms with E-state index >= 15 is 0 Å². The molecule has 0 saturated carbocycles. The number of nitrogens with one attached hydrogen (secondary N) is 1. The Hall–Kier alpha value is -2.39. The second-order valence-electron chi connectivity index (χ2n) is 5.69. The van der Waals surface area contributed by atoms with Gasteiger partial charge in [0.25, 0.3) is 0 Å². The number of anilines is 1. The van der Waals surface area contributed by atoms with E-state index < -0.39 is 11.7 Å². The van der Waals surface area contributed by atoms with Crippen LogP contribution >= 0.6 is 27.3 Å². The predicted octanol–water partition coefficient (Wildman–Crippen LogP) is 5.74. The number of nitrogens with zero attached hydrogens (tertiary/aromatic N) is 1. The molecule has 3 aromatic rings. The summed E-state index contributed by atoms with van der Waals surface area (Å²) in [6.07, 6.45) is -4.42. The summed E-state index contributed by atoms with van der Waals surface area (Å²) in [6.45, 7) is -0.186. The highest BCUT2D eigenvalue weighted by atomic mass is 79.9. The zero-order chi connectivity index (χ0) is 20.1. The summed E-state index contributed by atoms with van der Waals surface area (Å²) in [5.41, 5.74) is 0.861. The summed E-state index contributed by atoms with van der Waals surface area (Å²) in [5, 5.41) is 5.13. The first kappa shape index (κ1) is 20.3. The van der Waals surface area contributed by atoms with E-state index in [-0.39, 0.29) is 23.4 Å². The standard InChI is InChI=1S/C19H14BrF3N2O2S/c20-9-17(26)25-18-24-16(11-28-18)12-5-7-14(8-6-12)27-10-13-3-1-2-4-15(13)19(21,22)23/h1-8,11H,9-10H2,(H,24,25,26). The van der Waals surface area contributed by atoms with E-state index in [4.69, 9.17) is 4.74 Å². The second-order valence-corrected chi connectivity index (χ2v) is 7.11. The van der Waals surface area contributed by atoms with Crippen molar-refractivity contribution in [1.82, 2.24) is 4.98 Å². The number of alkyl halides is 4. The molecule has 0 radical (unpaired) electrons. The Morgan fingerprint density at radius 2 is 1.86 bits per heavy atom. The summed E-state index contributed by atoms with van der Waals surface area (Å²) in [5.74, 6) is 0.257. The normalized spacial score (nSPS) is 11.3. The Kier molecular flexibility index (Phi) is 6.35. The molecular formula is C19H14BrF3N2O2S. The van der Waals surface area contributed by atoms with Crippen LogP contribution in [0.5, 0.6) is 5.75 Å². The average Bonchev–Trinajstić information content (AvgIpc) is 3.14. The van der Waals surface area contributed by atoms with Crippen LogP contribution in [0.1, 0.15) is 11.1 Å². The van der Waals surface area contributed by atoms with Crippen molar-refractivity contribution in [2.75, 3.05) is 10.6 Å². The van der Waals surface area contributed by atoms with E-state index in [1.54, 1.807) is 35.7 Å². The number of carbonyl (C=O) groups excluding carboxylic acids is 1. The van der Waals surface area contributed by atoms with E-state index in [1.807, 2.05) is 0 Å². The lowest BCUT2D eigenvalue weighted by Gasteiger charge is -2.13. The number of halogens is 4. The van der Waals surface area contributed by atoms with E-state index in [2.05, 4.69) is 26.2 Å². The van der Waals surface area contributed by atoms with Crippen LogP contribution in [0.15, 0.2) is 53.9 Å². The van der Waals surface area contributed by atoms with Gasteiger partial charge in [-0.25, -0.2) is 4.98 Å². The Balaban J connectivity index is 1.67. The zero-order valence-corrected chi connectivity index (χ0v) is 16.7. The number of rotatable bonds is 6. The van der Waals surface area contributed by atoms with Crippen LogP contribution in [0.4, 0.5) is 18.3 Å². The summed E-state index contributed by atoms with van der Waals surface area (Å²) >= 11 is 4.37. The van der Waals surface area contributed by atoms with E-state index in [0.717, 1.165) is 11.6 Å². The molecule has 0 bridgehead atoms. The van der Waals surface area contributed by atoms with Crippen LogP contribution in [-0.4, -0.2) is 16.2 Å². The molecule has 9 heteroatoms. The van der Waals surface area contributed by atoms with E-state index in [1.165, 1.54) is 23.5 Å². The monoisotopic (exact) mass is 470 g/mol. The summed E-state index contributed by atoms with van der Waals surface area (Å²) in [4.78, 5) is 15.7. The van der Waals surface area contributed by atoms with E-state index in [0.29, 0.717) is 16.6 Å². The average molecular weight is 471 g/mol. The molecule has 0 saturated heterocycles. The van der Waals surface area contributed by atoms with Gasteiger partial charge in [-0.3, -0.25) is 4.79 Å². The van der Waals surface area contributed by atoms with Gasteiger partial charge in [-0.1, -0.05) is 34.1 Å². The fourth-order valence-corrected chi connectivity index (χ4v) is 3.30. The molecule has 0 aliphatic heterocycles. The highest BCUT2D eigenvalue weighted by Gasteiger charge is 2.32. The molecule has 3 rings (SSSR count). The smallest absolute Gasteiger partial charge is 0.416 e. The Labute approximate surface area is 171 Å². The fourth-order valence-electron chi connectivity index (χ4n) is 2.42. The maximum Gasteiger partial charge on any atom is 0.416 e. The minimum Gasteiger partial charge on any atom is -0.489 e. The molecule has 0 unspecified atom stereocenters. The van der Waals surface area contributed by atoms with Crippen LogP contribution < -0.4 is 10.1 Å². The summed E-state index contributed by atoms with van der Waals surface area (Å²) in [6, 6.07) is 12.2. The van der Waals surface area contributed by atoms with Crippen molar-refractivity contribution in [3.05, 3.63) is 65.0 Å². The van der Waals surface area contributed by atoms with Gasteiger partial charge >= 0.3 is 6.18 Å². The molecule has 0 spiro atoms. The lowest BCUT2D eigenvalue weighted by molar-refractivity contribution is -0.138. The van der Waals surface area contributed by atoms with Gasteiger partial charge in [0.15, 0.2) is 5.13 Å². The molecule has 1 amide bonds. The van der Waals surface area contributed by atoms with Crippen LogP contribution in [0.25, 0.3) is 11.3 Å². The molecule has 1 heterocycles. The molecule has 1 aromatic heterocycles. The van der Waals surface area contributed by atoms with Crippen molar-refractivity contribution in [3.63, 3.8) is 0 Å². The number of hydrogen-bond donors (Lipinski definition) is 1. The molecule has 2 aromatic carbocycles. The predicted molar refractivity (Wildman–Crippen MR) is 106 cm³/mol. The van der Waals surface area contributed by atoms with Crippen molar-refractivity contribution in [1.29, 1.82) is 0 Å². The first-order chi connectivity index (χ1) is 13.4. The quantitative estimate of drug-likeness (QED) is 0.467. The van der Waals surface area contributed by atoms with Gasteiger partial charge in [-0.05, 0) is 30.3 Å². The topological polar surface area (TPSA) is 51.2 Å². The minimum atomic E-state index is -4.42. The summed E-state index contributed by atoms with van der Waals surface area (Å²) in [7, 11) is 0. The van der Waals surface area contributed by atoms with Crippen LogP contribution in [0.2, 0.25) is 0 Å². The van der Waals surface area contributed by atoms with Crippen LogP contribution in [0.3, 0.4) is 0 Å². The van der Waals surface area contributed by atoms with Gasteiger partial charge in [0.2, 0.25) is 5.91 Å². The maximum atomic E-state index is 13.0. The molecule has 0 atom stereocenters. The SMILES string of the molecule is O=C(CBr)Nc1nc(-c2ccc(OCc3ccccc3C(F)(F)F)cc2)cs1. The van der Waals surface area contributed by atoms with Crippen molar-refractivity contribution in [3.8, 4) is 17.0 Å². The molecule has 1 N–H and O–H groups in total. The van der Waals surface area contributed by atoms with Gasteiger partial charge in [0.05, 0.1) is 16.6 Å². The second kappa shape index (κ2) is 8.74. The Morgan fingerprint density at radius 1 is 1.14 bits per heavy atom. The number of carbonyl (C=O) groups is 1. The summed E-state index contributed by atoms with van der Waals surface area (Å²) < 4.78 is 44.6. The van der Waals surface area contributed by atoms with Crippen molar-refractivity contribution in [2.24, 2.45) is 0 Å². The number of thiazole rings is 1. The first-order valence-electron chi connectivity index (χ1n) is 8.06. The Morgan fingerprint density at radius 3 is 2.54 bits per heavy atom. The number of benzene rings is 2.